The third-order valence-electron chi connectivity index (χ3n) is 5.85. The highest BCUT2D eigenvalue weighted by Gasteiger charge is 2.32. The van der Waals surface area contributed by atoms with Crippen molar-refractivity contribution in [2.45, 2.75) is 38.5 Å². The second-order valence-corrected chi connectivity index (χ2v) is 7.95. The number of benzene rings is 2. The summed E-state index contributed by atoms with van der Waals surface area (Å²) in [6, 6.07) is 16.3. The van der Waals surface area contributed by atoms with Gasteiger partial charge in [-0.3, -0.25) is 14.9 Å². The number of carbonyl (C=O) groups is 1. The fourth-order valence-electron chi connectivity index (χ4n) is 4.34. The van der Waals surface area contributed by atoms with Gasteiger partial charge in [-0.2, -0.15) is 0 Å². The molecular formula is C24H26FN3O2. The van der Waals surface area contributed by atoms with Crippen LogP contribution in [0.5, 0.6) is 0 Å². The van der Waals surface area contributed by atoms with E-state index < -0.39 is 12.1 Å². The van der Waals surface area contributed by atoms with Crippen molar-refractivity contribution < 1.29 is 14.4 Å². The number of aryl methyl sites for hydroxylation is 1. The number of para-hydroxylation sites is 1. The molecule has 2 heterocycles. The molecule has 0 bridgehead atoms. The topological polar surface area (TPSA) is 68.4 Å². The molecule has 0 spiro atoms. The molecule has 1 aromatic heterocycles. The molecule has 0 aliphatic carbocycles. The van der Waals surface area contributed by atoms with Crippen LogP contribution in [0.25, 0.3) is 17.0 Å². The lowest BCUT2D eigenvalue weighted by atomic mass is 10.0. The number of aromatic nitrogens is 1. The zero-order valence-corrected chi connectivity index (χ0v) is 16.9. The summed E-state index contributed by atoms with van der Waals surface area (Å²) in [6.07, 6.45) is 3.47. The summed E-state index contributed by atoms with van der Waals surface area (Å²) in [6.45, 7) is 3.23. The monoisotopic (exact) mass is 407 g/mol. The van der Waals surface area contributed by atoms with Gasteiger partial charge in [-0.1, -0.05) is 42.5 Å². The molecular weight excluding hydrogens is 381 g/mol. The van der Waals surface area contributed by atoms with Crippen LogP contribution in [-0.4, -0.2) is 39.8 Å². The first kappa shape index (κ1) is 20.3. The molecule has 3 aromatic rings. The molecule has 0 radical (unpaired) electrons. The molecule has 2 aromatic carbocycles. The highest BCUT2D eigenvalue weighted by Crippen LogP contribution is 2.30. The minimum absolute atomic E-state index is 0.158. The Balaban J connectivity index is 1.47. The van der Waals surface area contributed by atoms with Crippen molar-refractivity contribution in [3.63, 3.8) is 0 Å². The summed E-state index contributed by atoms with van der Waals surface area (Å²) >= 11 is 0. The maximum absolute atomic E-state index is 14.3. The van der Waals surface area contributed by atoms with Gasteiger partial charge >= 0.3 is 0 Å². The van der Waals surface area contributed by atoms with Crippen molar-refractivity contribution in [1.82, 2.24) is 15.4 Å². The number of hydroxylamine groups is 1. The van der Waals surface area contributed by atoms with Crippen LogP contribution >= 0.6 is 0 Å². The fourth-order valence-corrected chi connectivity index (χ4v) is 4.34. The maximum atomic E-state index is 14.3. The smallest absolute Gasteiger partial charge is 0.267 e. The molecule has 5 nitrogen and oxygen atoms in total. The average Bonchev–Trinajstić information content (AvgIpc) is 3.26. The Hall–Kier alpha value is -2.96. The minimum atomic E-state index is -0.806. The van der Waals surface area contributed by atoms with E-state index >= 15 is 0 Å². The number of H-pyrrole nitrogens is 1. The molecule has 156 valence electrons. The van der Waals surface area contributed by atoms with E-state index in [0.717, 1.165) is 28.8 Å². The molecule has 3 N–H and O–H groups in total. The van der Waals surface area contributed by atoms with Crippen LogP contribution in [0.3, 0.4) is 0 Å². The molecule has 2 atom stereocenters. The van der Waals surface area contributed by atoms with Crippen LogP contribution in [0.15, 0.2) is 54.6 Å². The van der Waals surface area contributed by atoms with Crippen molar-refractivity contribution in [3.8, 4) is 0 Å². The van der Waals surface area contributed by atoms with Crippen LogP contribution in [0.2, 0.25) is 0 Å². The van der Waals surface area contributed by atoms with Crippen molar-refractivity contribution >= 4 is 22.9 Å². The van der Waals surface area contributed by atoms with Gasteiger partial charge in [-0.05, 0) is 48.6 Å². The zero-order valence-electron chi connectivity index (χ0n) is 16.9. The molecule has 6 heteroatoms. The van der Waals surface area contributed by atoms with E-state index in [1.165, 1.54) is 17.0 Å². The Morgan fingerprint density at radius 3 is 2.80 bits per heavy atom. The van der Waals surface area contributed by atoms with Gasteiger partial charge < -0.3 is 4.98 Å². The molecule has 1 amide bonds. The number of nitrogens with zero attached hydrogens (tertiary/aromatic N) is 1. The first-order valence-corrected chi connectivity index (χ1v) is 10.2. The summed E-state index contributed by atoms with van der Waals surface area (Å²) in [7, 11) is 0. The standard InChI is InChI=1S/C24H26FN3O2/c1-16-22(21-4-2-3-5-23(21)26-16)13-20-12-19(25)15-28(20)14-18-8-6-17(7-9-18)10-11-24(29)27-30/h2-11,19-20,26,30H,12-15H2,1H3,(H,27,29)/b11-10+. The minimum Gasteiger partial charge on any atom is -0.358 e. The SMILES string of the molecule is Cc1[nH]c2ccccc2c1CC1CC(F)CN1Cc1ccc(/C=C/C(=O)NO)cc1. The van der Waals surface area contributed by atoms with Crippen molar-refractivity contribution in [3.05, 3.63) is 77.0 Å². The molecule has 1 aliphatic heterocycles. The number of amides is 1. The van der Waals surface area contributed by atoms with Crippen molar-refractivity contribution in [2.75, 3.05) is 6.54 Å². The van der Waals surface area contributed by atoms with Gasteiger partial charge in [0.25, 0.3) is 5.91 Å². The average molecular weight is 407 g/mol. The van der Waals surface area contributed by atoms with Crippen molar-refractivity contribution in [2.24, 2.45) is 0 Å². The van der Waals surface area contributed by atoms with E-state index in [9.17, 15) is 9.18 Å². The molecule has 30 heavy (non-hydrogen) atoms. The Labute approximate surface area is 175 Å². The number of aromatic amines is 1. The summed E-state index contributed by atoms with van der Waals surface area (Å²) in [4.78, 5) is 16.8. The van der Waals surface area contributed by atoms with Crippen LogP contribution < -0.4 is 5.48 Å². The number of nitrogens with one attached hydrogen (secondary N) is 2. The highest BCUT2D eigenvalue weighted by molar-refractivity contribution is 5.90. The number of rotatable bonds is 6. The van der Waals surface area contributed by atoms with Crippen LogP contribution in [0.4, 0.5) is 4.39 Å². The van der Waals surface area contributed by atoms with Gasteiger partial charge in [0, 0.05) is 41.8 Å². The van der Waals surface area contributed by atoms with E-state index in [2.05, 4.69) is 28.9 Å². The van der Waals surface area contributed by atoms with Gasteiger partial charge in [0.2, 0.25) is 0 Å². The Bertz CT molecular complexity index is 1060. The number of hydrogen-bond donors (Lipinski definition) is 3. The van der Waals surface area contributed by atoms with E-state index in [-0.39, 0.29) is 6.04 Å². The Morgan fingerprint density at radius 1 is 1.27 bits per heavy atom. The van der Waals surface area contributed by atoms with E-state index in [4.69, 9.17) is 5.21 Å². The normalized spacial score (nSPS) is 19.7. The Morgan fingerprint density at radius 2 is 2.03 bits per heavy atom. The number of likely N-dealkylation sites (tertiary alicyclic amines) is 1. The number of fused-ring (bicyclic) bond motifs is 1. The summed E-state index contributed by atoms with van der Waals surface area (Å²) in [5.41, 5.74) is 7.09. The van der Waals surface area contributed by atoms with E-state index in [1.807, 2.05) is 36.4 Å². The quantitative estimate of drug-likeness (QED) is 0.327. The lowest BCUT2D eigenvalue weighted by Crippen LogP contribution is -2.31. The predicted molar refractivity (Wildman–Crippen MR) is 116 cm³/mol. The third-order valence-corrected chi connectivity index (χ3v) is 5.85. The van der Waals surface area contributed by atoms with Gasteiger partial charge in [0.05, 0.1) is 0 Å². The number of hydrogen-bond acceptors (Lipinski definition) is 3. The van der Waals surface area contributed by atoms with Gasteiger partial charge in [-0.25, -0.2) is 9.87 Å². The second kappa shape index (κ2) is 8.81. The van der Waals surface area contributed by atoms with Crippen LogP contribution in [0, 0.1) is 6.92 Å². The molecule has 4 rings (SSSR count). The first-order valence-electron chi connectivity index (χ1n) is 10.2. The lowest BCUT2D eigenvalue weighted by Gasteiger charge is -2.24. The summed E-state index contributed by atoms with van der Waals surface area (Å²) < 4.78 is 14.3. The number of alkyl halides is 1. The van der Waals surface area contributed by atoms with E-state index in [0.29, 0.717) is 19.5 Å². The predicted octanol–water partition coefficient (Wildman–Crippen LogP) is 4.15. The fraction of sp³-hybridized carbons (Fsp3) is 0.292. The molecule has 1 aliphatic rings. The van der Waals surface area contributed by atoms with Crippen LogP contribution in [-0.2, 0) is 17.8 Å². The Kier molecular flexibility index (Phi) is 5.97. The largest absolute Gasteiger partial charge is 0.358 e. The second-order valence-electron chi connectivity index (χ2n) is 7.95. The lowest BCUT2D eigenvalue weighted by molar-refractivity contribution is -0.124. The van der Waals surface area contributed by atoms with Gasteiger partial charge in [0.15, 0.2) is 0 Å². The summed E-state index contributed by atoms with van der Waals surface area (Å²) in [5, 5.41) is 9.76. The maximum Gasteiger partial charge on any atom is 0.267 e. The number of carbonyl (C=O) groups excluding carboxylic acids is 1. The van der Waals surface area contributed by atoms with Crippen LogP contribution in [0.1, 0.15) is 28.8 Å². The van der Waals surface area contributed by atoms with Crippen molar-refractivity contribution in [1.29, 1.82) is 0 Å². The first-order chi connectivity index (χ1) is 14.5. The summed E-state index contributed by atoms with van der Waals surface area (Å²) in [5.74, 6) is -0.569. The molecule has 0 saturated carbocycles. The highest BCUT2D eigenvalue weighted by atomic mass is 19.1. The van der Waals surface area contributed by atoms with Gasteiger partial charge in [0.1, 0.15) is 6.17 Å². The molecule has 1 fully saturated rings. The molecule has 2 unspecified atom stereocenters. The molecule has 1 saturated heterocycles. The van der Waals surface area contributed by atoms with Gasteiger partial charge in [-0.15, -0.1) is 0 Å². The van der Waals surface area contributed by atoms with E-state index in [1.54, 1.807) is 11.6 Å². The zero-order chi connectivity index (χ0) is 21.1. The third kappa shape index (κ3) is 4.45. The number of halogens is 1.